The first-order valence-corrected chi connectivity index (χ1v) is 11.6. The van der Waals surface area contributed by atoms with Crippen molar-refractivity contribution in [3.63, 3.8) is 0 Å². The quantitative estimate of drug-likeness (QED) is 0.384. The molecule has 1 aliphatic rings. The predicted octanol–water partition coefficient (Wildman–Crippen LogP) is 3.24. The summed E-state index contributed by atoms with van der Waals surface area (Å²) >= 11 is 0. The molecule has 0 aliphatic carbocycles. The minimum atomic E-state index is 0.274. The number of phenols is 1. The third-order valence-electron chi connectivity index (χ3n) is 6.08. The number of anilines is 2. The van der Waals surface area contributed by atoms with Crippen LogP contribution in [-0.4, -0.2) is 61.4 Å². The lowest BCUT2D eigenvalue weighted by molar-refractivity contribution is 0.475. The molecule has 0 radical (unpaired) electrons. The molecule has 1 saturated heterocycles. The van der Waals surface area contributed by atoms with Gasteiger partial charge in [0.25, 0.3) is 0 Å². The van der Waals surface area contributed by atoms with Gasteiger partial charge in [-0.1, -0.05) is 5.92 Å². The highest BCUT2D eigenvalue weighted by Gasteiger charge is 2.20. The second-order valence-corrected chi connectivity index (χ2v) is 8.42. The van der Waals surface area contributed by atoms with E-state index in [1.165, 1.54) is 0 Å². The van der Waals surface area contributed by atoms with Crippen LogP contribution >= 0.6 is 0 Å². The van der Waals surface area contributed by atoms with E-state index >= 15 is 0 Å². The number of aromatic nitrogens is 6. The van der Waals surface area contributed by atoms with Gasteiger partial charge in [0.2, 0.25) is 5.95 Å². The Labute approximate surface area is 207 Å². The molecule has 9 heteroatoms. The molecule has 0 atom stereocenters. The summed E-state index contributed by atoms with van der Waals surface area (Å²) in [6, 6.07) is 16.8. The van der Waals surface area contributed by atoms with E-state index in [2.05, 4.69) is 46.8 Å². The molecular formula is C27H22N8O. The second kappa shape index (κ2) is 9.35. The van der Waals surface area contributed by atoms with E-state index in [1.807, 2.05) is 36.4 Å². The first-order valence-electron chi connectivity index (χ1n) is 11.6. The average molecular weight is 475 g/mol. The highest BCUT2D eigenvalue weighted by atomic mass is 16.3. The Morgan fingerprint density at radius 3 is 2.47 bits per heavy atom. The molecule has 9 nitrogen and oxygen atoms in total. The zero-order chi connectivity index (χ0) is 24.3. The van der Waals surface area contributed by atoms with E-state index in [0.29, 0.717) is 23.2 Å². The minimum absolute atomic E-state index is 0.274. The first kappa shape index (κ1) is 21.6. The third-order valence-corrected chi connectivity index (χ3v) is 6.08. The average Bonchev–Trinajstić information content (AvgIpc) is 3.41. The lowest BCUT2D eigenvalue weighted by Gasteiger charge is -2.36. The minimum Gasteiger partial charge on any atom is -0.508 e. The molecule has 176 valence electrons. The van der Waals surface area contributed by atoms with Crippen molar-refractivity contribution in [2.75, 3.05) is 36.0 Å². The first-order chi connectivity index (χ1) is 17.7. The number of hydrogen-bond donors (Lipinski definition) is 2. The third kappa shape index (κ3) is 4.52. The van der Waals surface area contributed by atoms with E-state index in [-0.39, 0.29) is 5.75 Å². The fraction of sp³-hybridized carbons (Fsp3) is 0.148. The highest BCUT2D eigenvalue weighted by molar-refractivity contribution is 5.79. The second-order valence-electron chi connectivity index (χ2n) is 8.42. The van der Waals surface area contributed by atoms with Crippen molar-refractivity contribution in [2.24, 2.45) is 0 Å². The van der Waals surface area contributed by atoms with E-state index in [0.717, 1.165) is 48.3 Å². The number of phenolic OH excluding ortho intramolecular Hbond substituents is 1. The number of aromatic amines is 1. The van der Waals surface area contributed by atoms with Gasteiger partial charge in [-0.15, -0.1) is 0 Å². The Morgan fingerprint density at radius 1 is 0.806 bits per heavy atom. The number of nitrogens with zero attached hydrogens (tertiary/aromatic N) is 7. The monoisotopic (exact) mass is 474 g/mol. The molecule has 1 aliphatic heterocycles. The maximum Gasteiger partial charge on any atom is 0.226 e. The fourth-order valence-electron chi connectivity index (χ4n) is 4.16. The SMILES string of the molecule is Oc1ccc(N2CCN(c3nccc(-c4nccc(C#Cc5ccc6[nH]ncc6c5)n4)n3)CC2)cc1. The van der Waals surface area contributed by atoms with Gasteiger partial charge >= 0.3 is 0 Å². The Bertz CT molecular complexity index is 1580. The number of rotatable bonds is 3. The van der Waals surface area contributed by atoms with Gasteiger partial charge < -0.3 is 14.9 Å². The largest absolute Gasteiger partial charge is 0.508 e. The predicted molar refractivity (Wildman–Crippen MR) is 138 cm³/mol. The van der Waals surface area contributed by atoms with E-state index < -0.39 is 0 Å². The zero-order valence-corrected chi connectivity index (χ0v) is 19.3. The summed E-state index contributed by atoms with van der Waals surface area (Å²) in [6.07, 6.45) is 5.22. The molecule has 2 N–H and O–H groups in total. The summed E-state index contributed by atoms with van der Waals surface area (Å²) in [5.74, 6) is 7.73. The van der Waals surface area contributed by atoms with Crippen LogP contribution in [0, 0.1) is 11.8 Å². The van der Waals surface area contributed by atoms with Crippen LogP contribution in [0.2, 0.25) is 0 Å². The molecule has 1 fully saturated rings. The van der Waals surface area contributed by atoms with Crippen molar-refractivity contribution >= 4 is 22.5 Å². The summed E-state index contributed by atoms with van der Waals surface area (Å²) in [7, 11) is 0. The summed E-state index contributed by atoms with van der Waals surface area (Å²) in [5.41, 5.74) is 4.24. The molecular weight excluding hydrogens is 452 g/mol. The number of fused-ring (bicyclic) bond motifs is 1. The van der Waals surface area contributed by atoms with E-state index in [1.54, 1.807) is 36.8 Å². The van der Waals surface area contributed by atoms with Crippen LogP contribution in [0.1, 0.15) is 11.3 Å². The molecule has 0 amide bonds. The van der Waals surface area contributed by atoms with Crippen molar-refractivity contribution in [3.8, 4) is 29.1 Å². The Hall–Kier alpha value is -4.97. The van der Waals surface area contributed by atoms with Gasteiger partial charge in [0.15, 0.2) is 5.82 Å². The Kier molecular flexibility index (Phi) is 5.60. The summed E-state index contributed by atoms with van der Waals surface area (Å²) < 4.78 is 0. The molecule has 0 bridgehead atoms. The van der Waals surface area contributed by atoms with Gasteiger partial charge in [0, 0.05) is 55.2 Å². The summed E-state index contributed by atoms with van der Waals surface area (Å²) in [6.45, 7) is 3.25. The zero-order valence-electron chi connectivity index (χ0n) is 19.3. The highest BCUT2D eigenvalue weighted by Crippen LogP contribution is 2.22. The normalized spacial score (nSPS) is 13.4. The van der Waals surface area contributed by atoms with Crippen molar-refractivity contribution < 1.29 is 5.11 Å². The van der Waals surface area contributed by atoms with Crippen molar-refractivity contribution in [3.05, 3.63) is 84.4 Å². The van der Waals surface area contributed by atoms with Gasteiger partial charge in [0.1, 0.15) is 17.1 Å². The molecule has 5 aromatic rings. The number of piperazine rings is 1. The molecule has 0 saturated carbocycles. The van der Waals surface area contributed by atoms with Gasteiger partial charge in [-0.3, -0.25) is 5.10 Å². The molecule has 6 rings (SSSR count). The molecule has 2 aromatic carbocycles. The van der Waals surface area contributed by atoms with Crippen LogP contribution in [0.4, 0.5) is 11.6 Å². The number of nitrogens with one attached hydrogen (secondary N) is 1. The molecule has 36 heavy (non-hydrogen) atoms. The van der Waals surface area contributed by atoms with E-state index in [9.17, 15) is 5.11 Å². The lowest BCUT2D eigenvalue weighted by Crippen LogP contribution is -2.47. The van der Waals surface area contributed by atoms with Crippen molar-refractivity contribution in [1.29, 1.82) is 0 Å². The van der Waals surface area contributed by atoms with Gasteiger partial charge in [-0.2, -0.15) is 5.10 Å². The number of benzene rings is 2. The Balaban J connectivity index is 1.17. The molecule has 0 unspecified atom stereocenters. The van der Waals surface area contributed by atoms with Gasteiger partial charge in [0.05, 0.1) is 11.7 Å². The summed E-state index contributed by atoms with van der Waals surface area (Å²) in [4.78, 5) is 22.7. The van der Waals surface area contributed by atoms with Crippen LogP contribution < -0.4 is 9.80 Å². The van der Waals surface area contributed by atoms with Crippen LogP contribution in [0.3, 0.4) is 0 Å². The standard InChI is InChI=1S/C27H22N8O/c36-23-6-4-22(5-7-23)34-13-15-35(16-14-34)27-29-12-10-25(32-27)26-28-11-9-21(31-26)3-1-19-2-8-24-20(17-19)18-30-33-24/h2,4-12,17-18,36H,13-16H2,(H,30,33). The number of H-pyrrole nitrogens is 1. The number of hydrogen-bond acceptors (Lipinski definition) is 8. The van der Waals surface area contributed by atoms with Crippen LogP contribution in [0.15, 0.2) is 73.2 Å². The van der Waals surface area contributed by atoms with Gasteiger partial charge in [-0.05, 0) is 60.5 Å². The topological polar surface area (TPSA) is 107 Å². The van der Waals surface area contributed by atoms with Crippen molar-refractivity contribution in [2.45, 2.75) is 0 Å². The van der Waals surface area contributed by atoms with Crippen LogP contribution in [0.5, 0.6) is 5.75 Å². The summed E-state index contributed by atoms with van der Waals surface area (Å²) in [5, 5.41) is 17.5. The Morgan fingerprint density at radius 2 is 1.61 bits per heavy atom. The molecule has 3 aromatic heterocycles. The van der Waals surface area contributed by atoms with Crippen molar-refractivity contribution in [1.82, 2.24) is 30.1 Å². The maximum absolute atomic E-state index is 9.53. The molecule has 0 spiro atoms. The fourth-order valence-corrected chi connectivity index (χ4v) is 4.16. The van der Waals surface area contributed by atoms with Crippen LogP contribution in [-0.2, 0) is 0 Å². The smallest absolute Gasteiger partial charge is 0.226 e. The maximum atomic E-state index is 9.53. The van der Waals surface area contributed by atoms with Gasteiger partial charge in [-0.25, -0.2) is 19.9 Å². The number of aromatic hydroxyl groups is 1. The molecule has 4 heterocycles. The van der Waals surface area contributed by atoms with E-state index in [4.69, 9.17) is 4.98 Å². The van der Waals surface area contributed by atoms with Crippen LogP contribution in [0.25, 0.3) is 22.4 Å². The lowest BCUT2D eigenvalue weighted by atomic mass is 10.1.